The Kier molecular flexibility index (Phi) is 7.97. The number of ether oxygens (including phenoxy) is 2. The molecule has 192 valence electrons. The number of Topliss-reactive ketones (excluding diaryl/α,β-unsaturated/α-hetero) is 1. The summed E-state index contributed by atoms with van der Waals surface area (Å²) < 4.78 is 11.6. The SMILES string of the molecule is CCCOc1ccc(/C(O)=C2/C(=O)C(=O)N(c3ccc(C)cc3)C2c2cccc(OCC(C)C)c2)cc1. The number of rotatable bonds is 9. The van der Waals surface area contributed by atoms with Gasteiger partial charge in [0.05, 0.1) is 24.8 Å². The predicted octanol–water partition coefficient (Wildman–Crippen LogP) is 6.44. The Balaban J connectivity index is 1.82. The molecule has 6 heteroatoms. The molecule has 0 aromatic heterocycles. The summed E-state index contributed by atoms with van der Waals surface area (Å²) in [5.74, 6) is -0.00231. The lowest BCUT2D eigenvalue weighted by Crippen LogP contribution is -2.29. The van der Waals surface area contributed by atoms with Crippen molar-refractivity contribution in [3.8, 4) is 11.5 Å². The molecule has 0 radical (unpaired) electrons. The van der Waals surface area contributed by atoms with E-state index in [1.807, 2.05) is 62.4 Å². The Morgan fingerprint density at radius 2 is 1.65 bits per heavy atom. The maximum Gasteiger partial charge on any atom is 0.300 e. The molecule has 1 heterocycles. The van der Waals surface area contributed by atoms with Crippen LogP contribution >= 0.6 is 0 Å². The summed E-state index contributed by atoms with van der Waals surface area (Å²) >= 11 is 0. The summed E-state index contributed by atoms with van der Waals surface area (Å²) in [6.07, 6.45) is 0.879. The van der Waals surface area contributed by atoms with Crippen LogP contribution in [0.2, 0.25) is 0 Å². The third-order valence-corrected chi connectivity index (χ3v) is 6.11. The highest BCUT2D eigenvalue weighted by Crippen LogP contribution is 2.43. The number of hydrogen-bond donors (Lipinski definition) is 1. The van der Waals surface area contributed by atoms with Gasteiger partial charge in [0.25, 0.3) is 11.7 Å². The molecule has 1 saturated heterocycles. The third kappa shape index (κ3) is 5.69. The fourth-order valence-corrected chi connectivity index (χ4v) is 4.24. The zero-order valence-electron chi connectivity index (χ0n) is 21.7. The molecule has 0 saturated carbocycles. The second-order valence-corrected chi connectivity index (χ2v) is 9.65. The molecule has 1 atom stereocenters. The monoisotopic (exact) mass is 499 g/mol. The molecule has 3 aromatic carbocycles. The van der Waals surface area contributed by atoms with E-state index in [2.05, 4.69) is 13.8 Å². The number of aliphatic hydroxyl groups is 1. The van der Waals surface area contributed by atoms with Gasteiger partial charge >= 0.3 is 0 Å². The Hall–Kier alpha value is -4.06. The van der Waals surface area contributed by atoms with Gasteiger partial charge in [-0.15, -0.1) is 0 Å². The molecule has 1 fully saturated rings. The number of hydrogen-bond acceptors (Lipinski definition) is 5. The van der Waals surface area contributed by atoms with E-state index in [4.69, 9.17) is 9.47 Å². The summed E-state index contributed by atoms with van der Waals surface area (Å²) in [6.45, 7) is 9.23. The van der Waals surface area contributed by atoms with E-state index in [0.29, 0.717) is 47.4 Å². The van der Waals surface area contributed by atoms with Crippen molar-refractivity contribution in [2.24, 2.45) is 5.92 Å². The normalized spacial score (nSPS) is 16.9. The summed E-state index contributed by atoms with van der Waals surface area (Å²) in [5.41, 5.74) is 2.75. The van der Waals surface area contributed by atoms with Crippen LogP contribution in [0.25, 0.3) is 5.76 Å². The van der Waals surface area contributed by atoms with Gasteiger partial charge in [-0.1, -0.05) is 50.6 Å². The zero-order valence-corrected chi connectivity index (χ0v) is 21.7. The van der Waals surface area contributed by atoms with Crippen LogP contribution < -0.4 is 14.4 Å². The molecule has 1 aliphatic heterocycles. The molecular formula is C31H33NO5. The Bertz CT molecular complexity index is 1290. The highest BCUT2D eigenvalue weighted by atomic mass is 16.5. The van der Waals surface area contributed by atoms with Gasteiger partial charge in [0, 0.05) is 11.3 Å². The first-order valence-electron chi connectivity index (χ1n) is 12.6. The van der Waals surface area contributed by atoms with Gasteiger partial charge in [-0.25, -0.2) is 0 Å². The fourth-order valence-electron chi connectivity index (χ4n) is 4.24. The minimum Gasteiger partial charge on any atom is -0.507 e. The smallest absolute Gasteiger partial charge is 0.300 e. The molecule has 1 unspecified atom stereocenters. The number of carbonyl (C=O) groups excluding carboxylic acids is 2. The molecule has 3 aromatic rings. The molecule has 1 N–H and O–H groups in total. The Morgan fingerprint density at radius 1 is 0.946 bits per heavy atom. The summed E-state index contributed by atoms with van der Waals surface area (Å²) in [5, 5.41) is 11.4. The van der Waals surface area contributed by atoms with Crippen LogP contribution in [0.15, 0.2) is 78.4 Å². The van der Waals surface area contributed by atoms with E-state index in [-0.39, 0.29) is 11.3 Å². The van der Waals surface area contributed by atoms with Crippen LogP contribution in [0, 0.1) is 12.8 Å². The van der Waals surface area contributed by atoms with Crippen molar-refractivity contribution in [2.45, 2.75) is 40.2 Å². The maximum atomic E-state index is 13.4. The third-order valence-electron chi connectivity index (χ3n) is 6.11. The standard InChI is InChI=1S/C31H33NO5/c1-5-17-36-25-15-11-22(12-16-25)29(33)27-28(23-7-6-8-26(18-23)37-19-20(2)3)32(31(35)30(27)34)24-13-9-21(4)10-14-24/h6-16,18,20,28,33H,5,17,19H2,1-4H3/b29-27-. The lowest BCUT2D eigenvalue weighted by atomic mass is 9.95. The van der Waals surface area contributed by atoms with Gasteiger partial charge in [-0.05, 0) is 73.4 Å². The predicted molar refractivity (Wildman–Crippen MR) is 145 cm³/mol. The minimum absolute atomic E-state index is 0.0359. The first kappa shape index (κ1) is 26.0. The van der Waals surface area contributed by atoms with Gasteiger partial charge in [0.1, 0.15) is 17.3 Å². The van der Waals surface area contributed by atoms with Crippen LogP contribution in [0.4, 0.5) is 5.69 Å². The van der Waals surface area contributed by atoms with Gasteiger partial charge in [0.2, 0.25) is 0 Å². The first-order chi connectivity index (χ1) is 17.8. The average Bonchev–Trinajstić information content (AvgIpc) is 3.17. The average molecular weight is 500 g/mol. The van der Waals surface area contributed by atoms with Gasteiger partial charge in [0.15, 0.2) is 0 Å². The molecule has 0 bridgehead atoms. The second-order valence-electron chi connectivity index (χ2n) is 9.65. The molecule has 1 amide bonds. The summed E-state index contributed by atoms with van der Waals surface area (Å²) in [7, 11) is 0. The largest absolute Gasteiger partial charge is 0.507 e. The maximum absolute atomic E-state index is 13.4. The van der Waals surface area contributed by atoms with E-state index in [1.165, 1.54) is 4.90 Å². The van der Waals surface area contributed by atoms with Crippen molar-refractivity contribution in [3.05, 3.63) is 95.1 Å². The molecule has 0 aliphatic carbocycles. The number of aliphatic hydroxyl groups excluding tert-OH is 1. The number of benzene rings is 3. The molecule has 4 rings (SSSR count). The van der Waals surface area contributed by atoms with E-state index in [9.17, 15) is 14.7 Å². The lowest BCUT2D eigenvalue weighted by molar-refractivity contribution is -0.132. The van der Waals surface area contributed by atoms with Crippen molar-refractivity contribution in [1.82, 2.24) is 0 Å². The summed E-state index contributed by atoms with van der Waals surface area (Å²) in [4.78, 5) is 28.2. The number of ketones is 1. The molecule has 37 heavy (non-hydrogen) atoms. The Labute approximate surface area is 218 Å². The highest BCUT2D eigenvalue weighted by molar-refractivity contribution is 6.51. The van der Waals surface area contributed by atoms with Gasteiger partial charge in [-0.3, -0.25) is 14.5 Å². The van der Waals surface area contributed by atoms with Crippen LogP contribution in [0.3, 0.4) is 0 Å². The number of amides is 1. The number of nitrogens with zero attached hydrogens (tertiary/aromatic N) is 1. The van der Waals surface area contributed by atoms with Crippen LogP contribution in [-0.2, 0) is 9.59 Å². The quantitative estimate of drug-likeness (QED) is 0.208. The van der Waals surface area contributed by atoms with E-state index >= 15 is 0 Å². The van der Waals surface area contributed by atoms with Crippen LogP contribution in [0.1, 0.15) is 49.9 Å². The van der Waals surface area contributed by atoms with Gasteiger partial charge < -0.3 is 14.6 Å². The zero-order chi connectivity index (χ0) is 26.5. The number of anilines is 1. The summed E-state index contributed by atoms with van der Waals surface area (Å²) in [6, 6.07) is 20.8. The van der Waals surface area contributed by atoms with E-state index in [1.54, 1.807) is 24.3 Å². The van der Waals surface area contributed by atoms with Crippen LogP contribution in [-0.4, -0.2) is 30.0 Å². The second kappa shape index (κ2) is 11.3. The molecule has 6 nitrogen and oxygen atoms in total. The van der Waals surface area contributed by atoms with Crippen molar-refractivity contribution < 1.29 is 24.2 Å². The molecular weight excluding hydrogens is 466 g/mol. The number of carbonyl (C=O) groups is 2. The Morgan fingerprint density at radius 3 is 2.30 bits per heavy atom. The first-order valence-corrected chi connectivity index (χ1v) is 12.6. The number of aryl methyl sites for hydroxylation is 1. The topological polar surface area (TPSA) is 76.1 Å². The van der Waals surface area contributed by atoms with Crippen molar-refractivity contribution in [1.29, 1.82) is 0 Å². The lowest BCUT2D eigenvalue weighted by Gasteiger charge is -2.26. The van der Waals surface area contributed by atoms with Crippen molar-refractivity contribution in [2.75, 3.05) is 18.1 Å². The van der Waals surface area contributed by atoms with Crippen molar-refractivity contribution in [3.63, 3.8) is 0 Å². The highest BCUT2D eigenvalue weighted by Gasteiger charge is 2.47. The minimum atomic E-state index is -0.818. The molecule has 1 aliphatic rings. The van der Waals surface area contributed by atoms with E-state index < -0.39 is 17.7 Å². The van der Waals surface area contributed by atoms with Crippen molar-refractivity contribution >= 4 is 23.1 Å². The van der Waals surface area contributed by atoms with Crippen LogP contribution in [0.5, 0.6) is 11.5 Å². The molecule has 0 spiro atoms. The van der Waals surface area contributed by atoms with Gasteiger partial charge in [-0.2, -0.15) is 0 Å². The fraction of sp³-hybridized carbons (Fsp3) is 0.290. The van der Waals surface area contributed by atoms with E-state index in [0.717, 1.165) is 12.0 Å².